The predicted octanol–water partition coefficient (Wildman–Crippen LogP) is 2.04. The molecule has 1 rings (SSSR count). The van der Waals surface area contributed by atoms with Crippen LogP contribution in [0.4, 0.5) is 0 Å². The first kappa shape index (κ1) is 13.5. The topological polar surface area (TPSA) is 54.4 Å². The van der Waals surface area contributed by atoms with Gasteiger partial charge in [0.15, 0.2) is 9.84 Å². The average molecular weight is 260 g/mol. The van der Waals surface area contributed by atoms with E-state index in [-0.39, 0.29) is 4.90 Å². The zero-order valence-electron chi connectivity index (χ0n) is 9.81. The van der Waals surface area contributed by atoms with Crippen molar-refractivity contribution in [1.29, 1.82) is 0 Å². The van der Waals surface area contributed by atoms with Gasteiger partial charge in [-0.25, -0.2) is 8.42 Å². The SMILES string of the molecule is CSc1c(C(C)(C)O)cccc1S(C)(=O)=O. The van der Waals surface area contributed by atoms with Gasteiger partial charge in [-0.05, 0) is 31.7 Å². The van der Waals surface area contributed by atoms with Gasteiger partial charge in [-0.3, -0.25) is 0 Å². The number of hydrogen-bond acceptors (Lipinski definition) is 4. The highest BCUT2D eigenvalue weighted by molar-refractivity contribution is 7.99. The van der Waals surface area contributed by atoms with E-state index in [2.05, 4.69) is 0 Å². The minimum absolute atomic E-state index is 0.277. The van der Waals surface area contributed by atoms with Crippen LogP contribution in [-0.2, 0) is 15.4 Å². The van der Waals surface area contributed by atoms with Crippen molar-refractivity contribution >= 4 is 21.6 Å². The number of rotatable bonds is 3. The van der Waals surface area contributed by atoms with Crippen molar-refractivity contribution in [1.82, 2.24) is 0 Å². The third kappa shape index (κ3) is 2.78. The molecule has 3 nitrogen and oxygen atoms in total. The summed E-state index contributed by atoms with van der Waals surface area (Å²) in [6, 6.07) is 4.97. The molecule has 0 bridgehead atoms. The summed E-state index contributed by atoms with van der Waals surface area (Å²) in [6.07, 6.45) is 2.98. The molecule has 5 heteroatoms. The minimum atomic E-state index is -3.26. The molecule has 0 heterocycles. The Bertz CT molecular complexity index is 484. The van der Waals surface area contributed by atoms with Crippen LogP contribution in [0.25, 0.3) is 0 Å². The Morgan fingerprint density at radius 2 is 1.88 bits per heavy atom. The summed E-state index contributed by atoms with van der Waals surface area (Å²) in [6.45, 7) is 3.29. The maximum absolute atomic E-state index is 11.6. The van der Waals surface area contributed by atoms with Crippen LogP contribution in [0.2, 0.25) is 0 Å². The number of hydrogen-bond donors (Lipinski definition) is 1. The van der Waals surface area contributed by atoms with Crippen LogP contribution < -0.4 is 0 Å². The summed E-state index contributed by atoms with van der Waals surface area (Å²) < 4.78 is 23.2. The molecule has 16 heavy (non-hydrogen) atoms. The molecular formula is C11H16O3S2. The molecule has 0 spiro atoms. The molecule has 0 aliphatic rings. The van der Waals surface area contributed by atoms with E-state index in [1.165, 1.54) is 18.0 Å². The lowest BCUT2D eigenvalue weighted by Gasteiger charge is -2.22. The molecule has 0 aromatic heterocycles. The van der Waals surface area contributed by atoms with E-state index in [1.807, 2.05) is 0 Å². The summed E-state index contributed by atoms with van der Waals surface area (Å²) >= 11 is 1.34. The van der Waals surface area contributed by atoms with Gasteiger partial charge in [-0.15, -0.1) is 11.8 Å². The Morgan fingerprint density at radius 3 is 2.25 bits per heavy atom. The van der Waals surface area contributed by atoms with Gasteiger partial charge in [0.25, 0.3) is 0 Å². The minimum Gasteiger partial charge on any atom is -0.386 e. The molecule has 0 unspecified atom stereocenters. The van der Waals surface area contributed by atoms with Gasteiger partial charge in [0.2, 0.25) is 0 Å². The lowest BCUT2D eigenvalue weighted by atomic mass is 9.98. The molecule has 0 fully saturated rings. The lowest BCUT2D eigenvalue weighted by Crippen LogP contribution is -2.18. The van der Waals surface area contributed by atoms with E-state index >= 15 is 0 Å². The molecular weight excluding hydrogens is 244 g/mol. The monoisotopic (exact) mass is 260 g/mol. The van der Waals surface area contributed by atoms with Crippen LogP contribution >= 0.6 is 11.8 Å². The van der Waals surface area contributed by atoms with Crippen LogP contribution in [-0.4, -0.2) is 26.0 Å². The zero-order valence-corrected chi connectivity index (χ0v) is 11.4. The van der Waals surface area contributed by atoms with Crippen LogP contribution in [0.3, 0.4) is 0 Å². The van der Waals surface area contributed by atoms with Gasteiger partial charge < -0.3 is 5.11 Å². The summed E-state index contributed by atoms with van der Waals surface area (Å²) in [7, 11) is -3.26. The average Bonchev–Trinajstić information content (AvgIpc) is 2.13. The second-order valence-electron chi connectivity index (χ2n) is 4.17. The lowest BCUT2D eigenvalue weighted by molar-refractivity contribution is 0.0753. The first-order chi connectivity index (χ1) is 7.18. The van der Waals surface area contributed by atoms with E-state index in [1.54, 1.807) is 38.3 Å². The molecule has 0 aliphatic heterocycles. The van der Waals surface area contributed by atoms with Crippen molar-refractivity contribution in [3.8, 4) is 0 Å². The maximum atomic E-state index is 11.6. The Hall–Kier alpha value is -0.520. The number of sulfone groups is 1. The standard InChI is InChI=1S/C11H16O3S2/c1-11(2,12)8-6-5-7-9(10(8)15-3)16(4,13)14/h5-7,12H,1-4H3. The molecule has 0 atom stereocenters. The van der Waals surface area contributed by atoms with E-state index in [9.17, 15) is 13.5 Å². The molecule has 1 aromatic carbocycles. The fourth-order valence-electron chi connectivity index (χ4n) is 1.50. The Morgan fingerprint density at radius 1 is 1.31 bits per heavy atom. The number of benzene rings is 1. The van der Waals surface area contributed by atoms with Crippen LogP contribution in [0, 0.1) is 0 Å². The third-order valence-corrected chi connectivity index (χ3v) is 4.36. The predicted molar refractivity (Wildman–Crippen MR) is 66.6 cm³/mol. The Labute approximate surface area is 101 Å². The molecule has 1 aromatic rings. The Balaban J connectivity index is 3.57. The number of aliphatic hydroxyl groups is 1. The van der Waals surface area contributed by atoms with Gasteiger partial charge in [0, 0.05) is 11.2 Å². The van der Waals surface area contributed by atoms with Crippen molar-refractivity contribution in [2.75, 3.05) is 12.5 Å². The summed E-state index contributed by atoms with van der Waals surface area (Å²) in [5, 5.41) is 9.98. The van der Waals surface area contributed by atoms with Crippen LogP contribution in [0.1, 0.15) is 19.4 Å². The quantitative estimate of drug-likeness (QED) is 0.845. The van der Waals surface area contributed by atoms with Crippen molar-refractivity contribution in [2.24, 2.45) is 0 Å². The van der Waals surface area contributed by atoms with Crippen molar-refractivity contribution in [3.05, 3.63) is 23.8 Å². The van der Waals surface area contributed by atoms with Gasteiger partial charge in [-0.1, -0.05) is 12.1 Å². The normalized spacial score (nSPS) is 12.8. The molecule has 0 saturated heterocycles. The van der Waals surface area contributed by atoms with Gasteiger partial charge >= 0.3 is 0 Å². The third-order valence-electron chi connectivity index (χ3n) is 2.24. The molecule has 1 N–H and O–H groups in total. The summed E-state index contributed by atoms with van der Waals surface area (Å²) in [4.78, 5) is 0.900. The van der Waals surface area contributed by atoms with Crippen molar-refractivity contribution in [3.63, 3.8) is 0 Å². The molecule has 0 aliphatic carbocycles. The van der Waals surface area contributed by atoms with E-state index in [4.69, 9.17) is 0 Å². The highest BCUT2D eigenvalue weighted by Crippen LogP contribution is 2.34. The summed E-state index contributed by atoms with van der Waals surface area (Å²) in [5.74, 6) is 0. The van der Waals surface area contributed by atoms with Crippen LogP contribution in [0.5, 0.6) is 0 Å². The fraction of sp³-hybridized carbons (Fsp3) is 0.455. The van der Waals surface area contributed by atoms with E-state index in [0.717, 1.165) is 0 Å². The summed E-state index contributed by atoms with van der Waals surface area (Å²) in [5.41, 5.74) is -0.401. The van der Waals surface area contributed by atoms with Gasteiger partial charge in [0.05, 0.1) is 10.5 Å². The highest BCUT2D eigenvalue weighted by atomic mass is 32.2. The second kappa shape index (κ2) is 4.39. The highest BCUT2D eigenvalue weighted by Gasteiger charge is 2.24. The second-order valence-corrected chi connectivity index (χ2v) is 6.97. The van der Waals surface area contributed by atoms with E-state index in [0.29, 0.717) is 10.5 Å². The molecule has 0 amide bonds. The zero-order chi connectivity index (χ0) is 12.6. The first-order valence-electron chi connectivity index (χ1n) is 4.78. The Kier molecular flexibility index (Phi) is 3.72. The van der Waals surface area contributed by atoms with Crippen molar-refractivity contribution in [2.45, 2.75) is 29.2 Å². The smallest absolute Gasteiger partial charge is 0.176 e. The van der Waals surface area contributed by atoms with Gasteiger partial charge in [-0.2, -0.15) is 0 Å². The van der Waals surface area contributed by atoms with Gasteiger partial charge in [0.1, 0.15) is 0 Å². The van der Waals surface area contributed by atoms with E-state index < -0.39 is 15.4 Å². The fourth-order valence-corrected chi connectivity index (χ4v) is 3.78. The molecule has 0 radical (unpaired) electrons. The largest absolute Gasteiger partial charge is 0.386 e. The molecule has 0 saturated carbocycles. The van der Waals surface area contributed by atoms with Crippen LogP contribution in [0.15, 0.2) is 28.0 Å². The van der Waals surface area contributed by atoms with Crippen molar-refractivity contribution < 1.29 is 13.5 Å². The number of thioether (sulfide) groups is 1. The first-order valence-corrected chi connectivity index (χ1v) is 7.89. The molecule has 90 valence electrons. The maximum Gasteiger partial charge on any atom is 0.176 e.